The van der Waals surface area contributed by atoms with E-state index in [1.54, 1.807) is 0 Å². The van der Waals surface area contributed by atoms with Crippen molar-refractivity contribution in [2.75, 3.05) is 19.3 Å². The van der Waals surface area contributed by atoms with Crippen LogP contribution in [0.2, 0.25) is 0 Å². The number of hydrogen-bond acceptors (Lipinski definition) is 5. The van der Waals surface area contributed by atoms with Gasteiger partial charge >= 0.3 is 0 Å². The maximum atomic E-state index is 12.7. The molecule has 0 spiro atoms. The van der Waals surface area contributed by atoms with Crippen LogP contribution in [0.15, 0.2) is 34.1 Å². The molecule has 1 heterocycles. The van der Waals surface area contributed by atoms with Crippen LogP contribution < -0.4 is 5.73 Å². The van der Waals surface area contributed by atoms with E-state index in [1.807, 2.05) is 0 Å². The van der Waals surface area contributed by atoms with E-state index in [-0.39, 0.29) is 22.4 Å². The summed E-state index contributed by atoms with van der Waals surface area (Å²) < 4.78 is 50.2. The molecular formula is C12H18N2O4S2. The lowest BCUT2D eigenvalue weighted by atomic mass is 10.2. The molecule has 2 N–H and O–H groups in total. The van der Waals surface area contributed by atoms with Gasteiger partial charge in [-0.25, -0.2) is 16.8 Å². The van der Waals surface area contributed by atoms with Gasteiger partial charge in [0.25, 0.3) is 0 Å². The summed E-state index contributed by atoms with van der Waals surface area (Å²) in [5.41, 5.74) is 5.60. The van der Waals surface area contributed by atoms with Gasteiger partial charge in [0.15, 0.2) is 9.84 Å². The van der Waals surface area contributed by atoms with Crippen LogP contribution in [0, 0.1) is 0 Å². The molecule has 0 amide bonds. The predicted molar refractivity (Wildman–Crippen MR) is 75.5 cm³/mol. The maximum absolute atomic E-state index is 12.7. The Morgan fingerprint density at radius 1 is 1.20 bits per heavy atom. The predicted octanol–water partition coefficient (Wildman–Crippen LogP) is 0.202. The minimum Gasteiger partial charge on any atom is -0.329 e. The van der Waals surface area contributed by atoms with Crippen molar-refractivity contribution in [1.29, 1.82) is 0 Å². The Balaban J connectivity index is 2.56. The summed E-state index contributed by atoms with van der Waals surface area (Å²) in [5.74, 6) is 0. The highest BCUT2D eigenvalue weighted by Gasteiger charge is 2.36. The van der Waals surface area contributed by atoms with E-state index in [1.165, 1.54) is 28.6 Å². The van der Waals surface area contributed by atoms with Crippen LogP contribution in [0.4, 0.5) is 0 Å². The molecular weight excluding hydrogens is 300 g/mol. The second-order valence-corrected chi connectivity index (χ2v) is 8.71. The van der Waals surface area contributed by atoms with Crippen LogP contribution in [0.3, 0.4) is 0 Å². The fraction of sp³-hybridized carbons (Fsp3) is 0.500. The van der Waals surface area contributed by atoms with Crippen LogP contribution >= 0.6 is 0 Å². The second-order valence-electron chi connectivity index (χ2n) is 4.87. The third-order valence-electron chi connectivity index (χ3n) is 3.43. The van der Waals surface area contributed by atoms with E-state index >= 15 is 0 Å². The van der Waals surface area contributed by atoms with Gasteiger partial charge in [-0.3, -0.25) is 0 Å². The fourth-order valence-electron chi connectivity index (χ4n) is 2.46. The monoisotopic (exact) mass is 318 g/mol. The Hall–Kier alpha value is -0.960. The van der Waals surface area contributed by atoms with E-state index in [2.05, 4.69) is 0 Å². The third-order valence-corrected chi connectivity index (χ3v) is 6.72. The van der Waals surface area contributed by atoms with Gasteiger partial charge in [-0.15, -0.1) is 0 Å². The Bertz CT molecular complexity index is 698. The van der Waals surface area contributed by atoms with Gasteiger partial charge in [-0.2, -0.15) is 4.31 Å². The first-order chi connectivity index (χ1) is 9.28. The topological polar surface area (TPSA) is 97.5 Å². The lowest BCUT2D eigenvalue weighted by molar-refractivity contribution is 0.392. The molecule has 0 saturated carbocycles. The van der Waals surface area contributed by atoms with E-state index in [0.717, 1.165) is 12.7 Å². The highest BCUT2D eigenvalue weighted by atomic mass is 32.2. The summed E-state index contributed by atoms with van der Waals surface area (Å²) in [4.78, 5) is -0.328. The summed E-state index contributed by atoms with van der Waals surface area (Å²) in [5, 5.41) is 0. The molecule has 1 aromatic carbocycles. The van der Waals surface area contributed by atoms with Gasteiger partial charge in [-0.1, -0.05) is 12.1 Å². The smallest absolute Gasteiger partial charge is 0.244 e. The summed E-state index contributed by atoms with van der Waals surface area (Å²) in [6, 6.07) is 5.43. The van der Waals surface area contributed by atoms with E-state index in [4.69, 9.17) is 5.73 Å². The van der Waals surface area contributed by atoms with E-state index < -0.39 is 19.9 Å². The van der Waals surface area contributed by atoms with Crippen LogP contribution in [0.1, 0.15) is 12.8 Å². The summed E-state index contributed by atoms with van der Waals surface area (Å²) in [7, 11) is -7.45. The standard InChI is InChI=1S/C12H18N2O4S2/c1-19(15,16)11-6-2-3-7-12(11)20(17,18)14-8-4-5-10(14)9-13/h2-3,6-7,10H,4-5,8-9,13H2,1H3/t10-/m1/s1. The van der Waals surface area contributed by atoms with Crippen molar-refractivity contribution in [2.24, 2.45) is 5.73 Å². The first-order valence-electron chi connectivity index (χ1n) is 6.29. The lowest BCUT2D eigenvalue weighted by Crippen LogP contribution is -2.40. The first kappa shape index (κ1) is 15.4. The van der Waals surface area contributed by atoms with Crippen LogP contribution in [-0.2, 0) is 19.9 Å². The van der Waals surface area contributed by atoms with E-state index in [0.29, 0.717) is 13.0 Å². The number of benzene rings is 1. The number of rotatable bonds is 4. The molecule has 0 bridgehead atoms. The van der Waals surface area contributed by atoms with Crippen molar-refractivity contribution in [3.05, 3.63) is 24.3 Å². The average Bonchev–Trinajstić information content (AvgIpc) is 2.86. The number of sulfone groups is 1. The number of nitrogens with two attached hydrogens (primary N) is 1. The number of sulfonamides is 1. The quantitative estimate of drug-likeness (QED) is 0.855. The zero-order valence-corrected chi connectivity index (χ0v) is 12.8. The molecule has 8 heteroatoms. The largest absolute Gasteiger partial charge is 0.329 e. The zero-order chi connectivity index (χ0) is 15.0. The van der Waals surface area contributed by atoms with Crippen LogP contribution in [-0.4, -0.2) is 46.5 Å². The minimum atomic E-state index is -3.84. The molecule has 6 nitrogen and oxygen atoms in total. The Labute approximate surface area is 119 Å². The molecule has 0 aromatic heterocycles. The summed E-state index contributed by atoms with van der Waals surface area (Å²) in [6.45, 7) is 0.614. The van der Waals surface area contributed by atoms with Crippen molar-refractivity contribution in [2.45, 2.75) is 28.7 Å². The van der Waals surface area contributed by atoms with Gasteiger partial charge < -0.3 is 5.73 Å². The molecule has 1 fully saturated rings. The summed E-state index contributed by atoms with van der Waals surface area (Å²) >= 11 is 0. The SMILES string of the molecule is CS(=O)(=O)c1ccccc1S(=O)(=O)N1CCC[C@@H]1CN. The molecule has 1 aromatic rings. The Morgan fingerprint density at radius 3 is 2.35 bits per heavy atom. The molecule has 0 unspecified atom stereocenters. The van der Waals surface area contributed by atoms with Crippen molar-refractivity contribution < 1.29 is 16.8 Å². The van der Waals surface area contributed by atoms with Crippen LogP contribution in [0.5, 0.6) is 0 Å². The molecule has 0 aliphatic carbocycles. The van der Waals surface area contributed by atoms with Gasteiger partial charge in [0, 0.05) is 25.4 Å². The lowest BCUT2D eigenvalue weighted by Gasteiger charge is -2.23. The molecule has 2 rings (SSSR count). The van der Waals surface area contributed by atoms with Gasteiger partial charge in [0.2, 0.25) is 10.0 Å². The van der Waals surface area contributed by atoms with Gasteiger partial charge in [0.05, 0.1) is 4.90 Å². The van der Waals surface area contributed by atoms with Crippen molar-refractivity contribution >= 4 is 19.9 Å². The molecule has 1 aliphatic heterocycles. The zero-order valence-electron chi connectivity index (χ0n) is 11.2. The van der Waals surface area contributed by atoms with Crippen LogP contribution in [0.25, 0.3) is 0 Å². The highest BCUT2D eigenvalue weighted by molar-refractivity contribution is 7.93. The van der Waals surface area contributed by atoms with Crippen molar-refractivity contribution in [1.82, 2.24) is 4.31 Å². The number of nitrogens with zero attached hydrogens (tertiary/aromatic N) is 1. The average molecular weight is 318 g/mol. The molecule has 1 saturated heterocycles. The Kier molecular flexibility index (Phi) is 4.19. The summed E-state index contributed by atoms with van der Waals surface area (Å²) in [6.07, 6.45) is 2.45. The second kappa shape index (κ2) is 5.44. The molecule has 1 atom stereocenters. The fourth-order valence-corrected chi connectivity index (χ4v) is 5.77. The van der Waals surface area contributed by atoms with Gasteiger partial charge in [-0.05, 0) is 25.0 Å². The Morgan fingerprint density at radius 2 is 1.80 bits per heavy atom. The number of hydrogen-bond donors (Lipinski definition) is 1. The highest BCUT2D eigenvalue weighted by Crippen LogP contribution is 2.29. The molecule has 1 aliphatic rings. The minimum absolute atomic E-state index is 0.164. The van der Waals surface area contributed by atoms with Crippen molar-refractivity contribution in [3.63, 3.8) is 0 Å². The van der Waals surface area contributed by atoms with Crippen molar-refractivity contribution in [3.8, 4) is 0 Å². The van der Waals surface area contributed by atoms with Gasteiger partial charge in [0.1, 0.15) is 4.90 Å². The molecule has 0 radical (unpaired) electrons. The van der Waals surface area contributed by atoms with E-state index in [9.17, 15) is 16.8 Å². The molecule has 20 heavy (non-hydrogen) atoms. The normalized spacial score (nSPS) is 21.2. The molecule has 112 valence electrons. The first-order valence-corrected chi connectivity index (χ1v) is 9.62. The maximum Gasteiger partial charge on any atom is 0.244 e. The third kappa shape index (κ3) is 2.73.